The smallest absolute Gasteiger partial charge is 0.292 e. The summed E-state index contributed by atoms with van der Waals surface area (Å²) in [4.78, 5) is 19.2. The number of nitrogens with zero attached hydrogens (tertiary/aromatic N) is 5. The zero-order valence-corrected chi connectivity index (χ0v) is 16.3. The Hall–Kier alpha value is -3.53. The molecule has 2 aromatic carbocycles. The topological polar surface area (TPSA) is 97.8 Å². The molecule has 0 amide bonds. The van der Waals surface area contributed by atoms with Crippen LogP contribution in [0, 0.1) is 15.9 Å². The van der Waals surface area contributed by atoms with Gasteiger partial charge in [-0.2, -0.15) is 4.98 Å². The van der Waals surface area contributed by atoms with Crippen molar-refractivity contribution in [2.24, 2.45) is 0 Å². The zero-order chi connectivity index (χ0) is 21.1. The summed E-state index contributed by atoms with van der Waals surface area (Å²) < 4.78 is 24.1. The second-order valence-corrected chi connectivity index (χ2v) is 6.89. The molecule has 30 heavy (non-hydrogen) atoms. The van der Waals surface area contributed by atoms with Crippen molar-refractivity contribution in [3.05, 3.63) is 64.3 Å². The number of ether oxygens (including phenoxy) is 1. The van der Waals surface area contributed by atoms with Crippen LogP contribution < -0.4 is 9.64 Å². The zero-order valence-electron chi connectivity index (χ0n) is 16.3. The third kappa shape index (κ3) is 4.23. The Kier molecular flexibility index (Phi) is 5.57. The normalized spacial score (nSPS) is 14.7. The fourth-order valence-electron chi connectivity index (χ4n) is 3.42. The molecule has 156 valence electrons. The van der Waals surface area contributed by atoms with Crippen molar-refractivity contribution < 1.29 is 18.6 Å². The van der Waals surface area contributed by atoms with Gasteiger partial charge < -0.3 is 14.2 Å². The van der Waals surface area contributed by atoms with Crippen molar-refractivity contribution in [1.29, 1.82) is 0 Å². The van der Waals surface area contributed by atoms with Crippen LogP contribution in [0.1, 0.15) is 5.89 Å². The molecule has 1 aliphatic heterocycles. The number of halogens is 1. The number of hydrogen-bond donors (Lipinski definition) is 0. The van der Waals surface area contributed by atoms with E-state index in [-0.39, 0.29) is 5.69 Å². The van der Waals surface area contributed by atoms with Gasteiger partial charge in [-0.1, -0.05) is 5.16 Å². The molecule has 2 heterocycles. The summed E-state index contributed by atoms with van der Waals surface area (Å²) >= 11 is 0. The first-order chi connectivity index (χ1) is 14.5. The molecule has 0 aliphatic carbocycles. The predicted molar refractivity (Wildman–Crippen MR) is 107 cm³/mol. The van der Waals surface area contributed by atoms with Crippen LogP contribution in [0.25, 0.3) is 11.4 Å². The number of benzene rings is 2. The molecule has 0 atom stereocenters. The molecule has 1 fully saturated rings. The third-order valence-corrected chi connectivity index (χ3v) is 5.02. The second-order valence-electron chi connectivity index (χ2n) is 6.89. The fourth-order valence-corrected chi connectivity index (χ4v) is 3.42. The number of piperazine rings is 1. The maximum Gasteiger partial charge on any atom is 0.292 e. The summed E-state index contributed by atoms with van der Waals surface area (Å²) in [6.07, 6.45) is 0. The number of hydrogen-bond acceptors (Lipinski definition) is 8. The third-order valence-electron chi connectivity index (χ3n) is 5.02. The van der Waals surface area contributed by atoms with E-state index in [9.17, 15) is 14.5 Å². The fraction of sp³-hybridized carbons (Fsp3) is 0.300. The van der Waals surface area contributed by atoms with Gasteiger partial charge in [-0.05, 0) is 30.3 Å². The highest BCUT2D eigenvalue weighted by molar-refractivity contribution is 5.63. The van der Waals surface area contributed by atoms with Gasteiger partial charge >= 0.3 is 0 Å². The number of anilines is 1. The highest BCUT2D eigenvalue weighted by Gasteiger charge is 2.25. The van der Waals surface area contributed by atoms with Crippen molar-refractivity contribution in [3.63, 3.8) is 0 Å². The predicted octanol–water partition coefficient (Wildman–Crippen LogP) is 3.11. The first kappa shape index (κ1) is 19.8. The van der Waals surface area contributed by atoms with Gasteiger partial charge in [-0.25, -0.2) is 4.39 Å². The van der Waals surface area contributed by atoms with Crippen LogP contribution >= 0.6 is 0 Å². The van der Waals surface area contributed by atoms with Gasteiger partial charge in [0.1, 0.15) is 17.3 Å². The lowest BCUT2D eigenvalue weighted by atomic mass is 10.2. The van der Waals surface area contributed by atoms with E-state index < -0.39 is 10.7 Å². The maximum absolute atomic E-state index is 13.6. The van der Waals surface area contributed by atoms with E-state index in [0.717, 1.165) is 17.4 Å². The largest absolute Gasteiger partial charge is 0.497 e. The first-order valence-corrected chi connectivity index (χ1v) is 9.42. The standard InChI is InChI=1S/C20H20FN5O4/c1-29-16-5-2-14(3-6-16)20-22-19(30-23-20)13-24-8-10-25(11-9-24)18-12-15(21)4-7-17(18)26(27)28/h2-7,12H,8-11,13H2,1H3. The van der Waals surface area contributed by atoms with Crippen LogP contribution in [-0.2, 0) is 6.54 Å². The summed E-state index contributed by atoms with van der Waals surface area (Å²) in [6.45, 7) is 2.80. The van der Waals surface area contributed by atoms with Crippen molar-refractivity contribution in [1.82, 2.24) is 15.0 Å². The van der Waals surface area contributed by atoms with E-state index >= 15 is 0 Å². The minimum Gasteiger partial charge on any atom is -0.497 e. The monoisotopic (exact) mass is 413 g/mol. The second kappa shape index (κ2) is 8.46. The molecule has 4 rings (SSSR count). The summed E-state index contributed by atoms with van der Waals surface area (Å²) in [7, 11) is 1.60. The van der Waals surface area contributed by atoms with Gasteiger partial charge in [0, 0.05) is 43.9 Å². The molecule has 0 spiro atoms. The molecular weight excluding hydrogens is 393 g/mol. The van der Waals surface area contributed by atoms with Gasteiger partial charge in [-0.3, -0.25) is 15.0 Å². The quantitative estimate of drug-likeness (QED) is 0.449. The minimum atomic E-state index is -0.491. The van der Waals surface area contributed by atoms with Gasteiger partial charge in [-0.15, -0.1) is 0 Å². The van der Waals surface area contributed by atoms with Crippen molar-refractivity contribution in [3.8, 4) is 17.1 Å². The van der Waals surface area contributed by atoms with Crippen molar-refractivity contribution in [2.75, 3.05) is 38.2 Å². The van der Waals surface area contributed by atoms with Gasteiger partial charge in [0.2, 0.25) is 11.7 Å². The van der Waals surface area contributed by atoms with Gasteiger partial charge in [0.05, 0.1) is 18.6 Å². The number of rotatable bonds is 6. The molecule has 1 aliphatic rings. The summed E-state index contributed by atoms with van der Waals surface area (Å²) in [6, 6.07) is 10.9. The molecule has 0 saturated carbocycles. The molecule has 3 aromatic rings. The van der Waals surface area contributed by atoms with Gasteiger partial charge in [0.15, 0.2) is 0 Å². The van der Waals surface area contributed by atoms with Crippen LogP contribution in [0.15, 0.2) is 47.0 Å². The summed E-state index contributed by atoms with van der Waals surface area (Å²) in [5.74, 6) is 1.25. The Labute approximate surface area is 171 Å². The van der Waals surface area contributed by atoms with E-state index in [4.69, 9.17) is 9.26 Å². The average Bonchev–Trinajstić information content (AvgIpc) is 3.22. The lowest BCUT2D eigenvalue weighted by Gasteiger charge is -2.35. The molecule has 0 bridgehead atoms. The molecule has 0 N–H and O–H groups in total. The number of nitro groups is 1. The number of aromatic nitrogens is 2. The molecule has 9 nitrogen and oxygen atoms in total. The van der Waals surface area contributed by atoms with Crippen molar-refractivity contribution in [2.45, 2.75) is 6.54 Å². The molecule has 0 unspecified atom stereocenters. The molecule has 0 radical (unpaired) electrons. The highest BCUT2D eigenvalue weighted by Crippen LogP contribution is 2.30. The van der Waals surface area contributed by atoms with Gasteiger partial charge in [0.25, 0.3) is 5.69 Å². The first-order valence-electron chi connectivity index (χ1n) is 9.42. The number of nitro benzene ring substituents is 1. The summed E-state index contributed by atoms with van der Waals surface area (Å²) in [5.41, 5.74) is 1.04. The Balaban J connectivity index is 1.38. The Bertz CT molecular complexity index is 1030. The lowest BCUT2D eigenvalue weighted by molar-refractivity contribution is -0.384. The average molecular weight is 413 g/mol. The Morgan fingerprint density at radius 1 is 1.17 bits per heavy atom. The molecule has 10 heteroatoms. The molecular formula is C20H20FN5O4. The lowest BCUT2D eigenvalue weighted by Crippen LogP contribution is -2.46. The minimum absolute atomic E-state index is 0.0918. The highest BCUT2D eigenvalue weighted by atomic mass is 19.1. The Morgan fingerprint density at radius 2 is 1.90 bits per heavy atom. The van der Waals surface area contributed by atoms with E-state index in [2.05, 4.69) is 15.0 Å². The van der Waals surface area contributed by atoms with E-state index in [0.29, 0.717) is 50.1 Å². The van der Waals surface area contributed by atoms with Crippen LogP contribution in [0.3, 0.4) is 0 Å². The van der Waals surface area contributed by atoms with Crippen LogP contribution in [0.4, 0.5) is 15.8 Å². The maximum atomic E-state index is 13.6. The van der Waals surface area contributed by atoms with E-state index in [1.807, 2.05) is 29.2 Å². The summed E-state index contributed by atoms with van der Waals surface area (Å²) in [5, 5.41) is 15.3. The van der Waals surface area contributed by atoms with Crippen LogP contribution in [0.2, 0.25) is 0 Å². The van der Waals surface area contributed by atoms with Crippen molar-refractivity contribution >= 4 is 11.4 Å². The Morgan fingerprint density at radius 3 is 2.57 bits per heavy atom. The SMILES string of the molecule is COc1ccc(-c2noc(CN3CCN(c4cc(F)ccc4[N+](=O)[O-])CC3)n2)cc1. The van der Waals surface area contributed by atoms with Crippen LogP contribution in [-0.4, -0.2) is 53.3 Å². The molecule has 1 aromatic heterocycles. The number of methoxy groups -OCH3 is 1. The van der Waals surface area contributed by atoms with E-state index in [1.54, 1.807) is 7.11 Å². The molecule has 1 saturated heterocycles. The van der Waals surface area contributed by atoms with E-state index in [1.165, 1.54) is 12.1 Å². The van der Waals surface area contributed by atoms with Crippen LogP contribution in [0.5, 0.6) is 5.75 Å².